The van der Waals surface area contributed by atoms with Gasteiger partial charge in [-0.25, -0.2) is 4.68 Å². The van der Waals surface area contributed by atoms with E-state index in [-0.39, 0.29) is 5.91 Å². The molecule has 2 N–H and O–H groups in total. The minimum absolute atomic E-state index is 0.183. The summed E-state index contributed by atoms with van der Waals surface area (Å²) in [5, 5.41) is 10.6. The van der Waals surface area contributed by atoms with Crippen LogP contribution in [0, 0.1) is 5.92 Å². The number of benzene rings is 1. The van der Waals surface area contributed by atoms with E-state index in [1.54, 1.807) is 10.9 Å². The molecule has 23 heavy (non-hydrogen) atoms. The van der Waals surface area contributed by atoms with Gasteiger partial charge in [-0.15, -0.1) is 0 Å². The van der Waals surface area contributed by atoms with Crippen molar-refractivity contribution in [3.63, 3.8) is 0 Å². The lowest BCUT2D eigenvalue weighted by atomic mass is 10.0. The van der Waals surface area contributed by atoms with Crippen LogP contribution >= 0.6 is 0 Å². The molecule has 1 aromatic heterocycles. The maximum absolute atomic E-state index is 12.4. The summed E-state index contributed by atoms with van der Waals surface area (Å²) in [5.74, 6) is 0.854. The SMILES string of the molecule is CCCOc1cn(-c2ccccc2)nc1C(=O)NCC1CNC1. The van der Waals surface area contributed by atoms with Crippen molar-refractivity contribution in [2.75, 3.05) is 26.2 Å². The zero-order valence-electron chi connectivity index (χ0n) is 13.3. The summed E-state index contributed by atoms with van der Waals surface area (Å²) < 4.78 is 7.39. The van der Waals surface area contributed by atoms with Crippen molar-refractivity contribution in [2.24, 2.45) is 5.92 Å². The van der Waals surface area contributed by atoms with Gasteiger partial charge in [0.2, 0.25) is 0 Å². The van der Waals surface area contributed by atoms with Gasteiger partial charge < -0.3 is 15.4 Å². The molecule has 0 spiro atoms. The second-order valence-electron chi connectivity index (χ2n) is 5.70. The number of nitrogens with zero attached hydrogens (tertiary/aromatic N) is 2. The van der Waals surface area contributed by atoms with Gasteiger partial charge in [0.15, 0.2) is 11.4 Å². The van der Waals surface area contributed by atoms with Crippen molar-refractivity contribution < 1.29 is 9.53 Å². The number of amides is 1. The van der Waals surface area contributed by atoms with Gasteiger partial charge in [0.1, 0.15) is 0 Å². The number of carbonyl (C=O) groups excluding carboxylic acids is 1. The molecule has 6 nitrogen and oxygen atoms in total. The van der Waals surface area contributed by atoms with E-state index >= 15 is 0 Å². The average molecular weight is 314 g/mol. The Kier molecular flexibility index (Phi) is 4.92. The average Bonchev–Trinajstić information content (AvgIpc) is 2.96. The van der Waals surface area contributed by atoms with Crippen LogP contribution in [-0.4, -0.2) is 41.9 Å². The number of ether oxygens (including phenoxy) is 1. The quantitative estimate of drug-likeness (QED) is 0.815. The molecule has 0 atom stereocenters. The van der Waals surface area contributed by atoms with E-state index < -0.39 is 0 Å². The minimum atomic E-state index is -0.183. The lowest BCUT2D eigenvalue weighted by Crippen LogP contribution is -2.48. The van der Waals surface area contributed by atoms with Crippen LogP contribution in [-0.2, 0) is 0 Å². The third kappa shape index (κ3) is 3.71. The molecule has 122 valence electrons. The largest absolute Gasteiger partial charge is 0.489 e. The third-order valence-electron chi connectivity index (χ3n) is 3.80. The number of hydrogen-bond donors (Lipinski definition) is 2. The number of hydrogen-bond acceptors (Lipinski definition) is 4. The second kappa shape index (κ2) is 7.28. The highest BCUT2D eigenvalue weighted by Gasteiger charge is 2.22. The molecule has 1 aliphatic rings. The fraction of sp³-hybridized carbons (Fsp3) is 0.412. The molecule has 1 aromatic carbocycles. The molecule has 1 saturated heterocycles. The lowest BCUT2D eigenvalue weighted by molar-refractivity contribution is 0.0932. The molecule has 1 fully saturated rings. The van der Waals surface area contributed by atoms with E-state index in [0.717, 1.165) is 25.2 Å². The smallest absolute Gasteiger partial charge is 0.275 e. The van der Waals surface area contributed by atoms with Gasteiger partial charge in [0.05, 0.1) is 18.5 Å². The summed E-state index contributed by atoms with van der Waals surface area (Å²) in [6.07, 6.45) is 2.65. The van der Waals surface area contributed by atoms with Gasteiger partial charge in [0, 0.05) is 25.6 Å². The third-order valence-corrected chi connectivity index (χ3v) is 3.80. The topological polar surface area (TPSA) is 68.2 Å². The standard InChI is InChI=1S/C17H22N4O2/c1-2-8-23-15-12-21(14-6-4-3-5-7-14)20-16(15)17(22)19-11-13-9-18-10-13/h3-7,12-13,18H,2,8-11H2,1H3,(H,19,22). The Hall–Kier alpha value is -2.34. The summed E-state index contributed by atoms with van der Waals surface area (Å²) in [6.45, 7) is 5.17. The number of carbonyl (C=O) groups is 1. The summed E-state index contributed by atoms with van der Waals surface area (Å²) >= 11 is 0. The van der Waals surface area contributed by atoms with E-state index in [1.807, 2.05) is 37.3 Å². The van der Waals surface area contributed by atoms with Gasteiger partial charge in [-0.1, -0.05) is 25.1 Å². The Balaban J connectivity index is 1.78. The van der Waals surface area contributed by atoms with Gasteiger partial charge in [-0.05, 0) is 18.6 Å². The van der Waals surface area contributed by atoms with E-state index in [4.69, 9.17) is 4.74 Å². The van der Waals surface area contributed by atoms with Crippen molar-refractivity contribution >= 4 is 5.91 Å². The predicted octanol–water partition coefficient (Wildman–Crippen LogP) is 1.61. The zero-order chi connectivity index (χ0) is 16.1. The predicted molar refractivity (Wildman–Crippen MR) is 88.0 cm³/mol. The summed E-state index contributed by atoms with van der Waals surface area (Å²) in [6, 6.07) is 9.71. The van der Waals surface area contributed by atoms with Gasteiger partial charge in [0.25, 0.3) is 5.91 Å². The number of para-hydroxylation sites is 1. The first-order valence-electron chi connectivity index (χ1n) is 8.04. The Bertz CT molecular complexity index is 650. The maximum atomic E-state index is 12.4. The van der Waals surface area contributed by atoms with Gasteiger partial charge >= 0.3 is 0 Å². The Labute approximate surface area is 135 Å². The summed E-state index contributed by atoms with van der Waals surface area (Å²) in [7, 11) is 0. The van der Waals surface area contributed by atoms with Crippen LogP contribution < -0.4 is 15.4 Å². The molecule has 6 heteroatoms. The Morgan fingerprint density at radius 3 is 2.83 bits per heavy atom. The minimum Gasteiger partial charge on any atom is -0.489 e. The molecule has 0 bridgehead atoms. The zero-order valence-corrected chi connectivity index (χ0v) is 13.3. The molecule has 0 saturated carbocycles. The van der Waals surface area contributed by atoms with Crippen LogP contribution in [0.25, 0.3) is 5.69 Å². The van der Waals surface area contributed by atoms with E-state index in [9.17, 15) is 4.79 Å². The maximum Gasteiger partial charge on any atom is 0.275 e. The van der Waals surface area contributed by atoms with Crippen LogP contribution in [0.3, 0.4) is 0 Å². The van der Waals surface area contributed by atoms with Gasteiger partial charge in [-0.2, -0.15) is 5.10 Å². The van der Waals surface area contributed by atoms with Crippen molar-refractivity contribution in [3.8, 4) is 11.4 Å². The first-order valence-corrected chi connectivity index (χ1v) is 8.04. The molecule has 2 heterocycles. The fourth-order valence-corrected chi connectivity index (χ4v) is 2.36. The molecule has 1 aliphatic heterocycles. The Morgan fingerprint density at radius 1 is 1.39 bits per heavy atom. The number of rotatable bonds is 7. The number of aromatic nitrogens is 2. The van der Waals surface area contributed by atoms with Crippen LogP contribution in [0.4, 0.5) is 0 Å². The molecule has 1 amide bonds. The summed E-state index contributed by atoms with van der Waals surface area (Å²) in [4.78, 5) is 12.4. The summed E-state index contributed by atoms with van der Waals surface area (Å²) in [5.41, 5.74) is 1.24. The fourth-order valence-electron chi connectivity index (χ4n) is 2.36. The molecule has 0 unspecified atom stereocenters. The van der Waals surface area contributed by atoms with Crippen molar-refractivity contribution in [1.29, 1.82) is 0 Å². The molecular formula is C17H22N4O2. The Morgan fingerprint density at radius 2 is 2.17 bits per heavy atom. The lowest BCUT2D eigenvalue weighted by Gasteiger charge is -2.26. The second-order valence-corrected chi connectivity index (χ2v) is 5.70. The normalized spacial score (nSPS) is 14.3. The molecule has 0 radical (unpaired) electrons. The van der Waals surface area contributed by atoms with E-state index in [2.05, 4.69) is 15.7 Å². The molecular weight excluding hydrogens is 292 g/mol. The first kappa shape index (κ1) is 15.6. The number of nitrogens with one attached hydrogen (secondary N) is 2. The van der Waals surface area contributed by atoms with Crippen molar-refractivity contribution in [3.05, 3.63) is 42.2 Å². The monoisotopic (exact) mass is 314 g/mol. The highest BCUT2D eigenvalue weighted by atomic mass is 16.5. The van der Waals surface area contributed by atoms with Crippen LogP contribution in [0.2, 0.25) is 0 Å². The first-order chi connectivity index (χ1) is 11.3. The van der Waals surface area contributed by atoms with E-state index in [1.165, 1.54) is 0 Å². The van der Waals surface area contributed by atoms with Crippen molar-refractivity contribution in [2.45, 2.75) is 13.3 Å². The molecule has 2 aromatic rings. The highest BCUT2D eigenvalue weighted by molar-refractivity contribution is 5.95. The van der Waals surface area contributed by atoms with Crippen LogP contribution in [0.15, 0.2) is 36.5 Å². The van der Waals surface area contributed by atoms with Crippen LogP contribution in [0.5, 0.6) is 5.75 Å². The molecule has 3 rings (SSSR count). The highest BCUT2D eigenvalue weighted by Crippen LogP contribution is 2.20. The van der Waals surface area contributed by atoms with E-state index in [0.29, 0.717) is 30.5 Å². The van der Waals surface area contributed by atoms with Crippen molar-refractivity contribution in [1.82, 2.24) is 20.4 Å². The van der Waals surface area contributed by atoms with Gasteiger partial charge in [-0.3, -0.25) is 4.79 Å². The van der Waals surface area contributed by atoms with Crippen LogP contribution in [0.1, 0.15) is 23.8 Å². The molecule has 0 aliphatic carbocycles.